The molecule has 6 nitrogen and oxygen atoms in total. The number of nitrogens with zero attached hydrogens (tertiary/aromatic N) is 2. The number of aromatic amines is 1. The van der Waals surface area contributed by atoms with Crippen molar-refractivity contribution >= 4 is 11.6 Å². The highest BCUT2D eigenvalue weighted by Crippen LogP contribution is 2.31. The molecule has 1 N–H and O–H groups in total. The Bertz CT molecular complexity index is 728. The molecule has 1 aromatic carbocycles. The summed E-state index contributed by atoms with van der Waals surface area (Å²) in [4.78, 5) is 20.0. The number of carbonyl (C=O) groups is 1. The minimum atomic E-state index is 0.0491. The highest BCUT2D eigenvalue weighted by Gasteiger charge is 2.24. The van der Waals surface area contributed by atoms with Crippen LogP contribution in [0, 0.1) is 0 Å². The summed E-state index contributed by atoms with van der Waals surface area (Å²) in [6, 6.07) is 9.53. The molecule has 124 valence electrons. The Labute approximate surface area is 140 Å². The maximum absolute atomic E-state index is 12.7. The fourth-order valence-corrected chi connectivity index (χ4v) is 3.12. The van der Waals surface area contributed by atoms with Crippen LogP contribution in [0.1, 0.15) is 10.4 Å². The molecule has 1 saturated heterocycles. The fourth-order valence-electron chi connectivity index (χ4n) is 3.12. The Morgan fingerprint density at radius 2 is 1.62 bits per heavy atom. The number of aromatic nitrogens is 1. The summed E-state index contributed by atoms with van der Waals surface area (Å²) in [6.07, 6.45) is 3.84. The molecule has 0 aliphatic carbocycles. The standard InChI is InChI=1S/C18H19N3O3/c22-18(14-1-2-16-17(13-14)24-12-11-23-16)21-9-7-20(8-10-21)15-3-5-19-6-4-15/h1-6,13H,7-12H2/p+1. The second-order valence-corrected chi connectivity index (χ2v) is 5.90. The van der Waals surface area contributed by atoms with E-state index in [-0.39, 0.29) is 5.91 Å². The molecule has 0 saturated carbocycles. The summed E-state index contributed by atoms with van der Waals surface area (Å²) in [6.45, 7) is 4.18. The SMILES string of the molecule is O=C(c1ccc2c(c1)OCCO2)N1CCN(c2cc[nH+]cc2)CC1. The van der Waals surface area contributed by atoms with E-state index in [0.717, 1.165) is 13.1 Å². The monoisotopic (exact) mass is 326 g/mol. The van der Waals surface area contributed by atoms with E-state index in [0.29, 0.717) is 43.4 Å². The second kappa shape index (κ2) is 6.39. The van der Waals surface area contributed by atoms with Crippen LogP contribution in [-0.2, 0) is 0 Å². The molecule has 1 amide bonds. The van der Waals surface area contributed by atoms with Gasteiger partial charge in [0.15, 0.2) is 23.9 Å². The van der Waals surface area contributed by atoms with E-state index in [1.165, 1.54) is 5.69 Å². The van der Waals surface area contributed by atoms with Gasteiger partial charge in [0.05, 0.1) is 0 Å². The number of H-pyrrole nitrogens is 1. The predicted molar refractivity (Wildman–Crippen MR) is 88.5 cm³/mol. The molecule has 2 aliphatic heterocycles. The molecule has 0 unspecified atom stereocenters. The van der Waals surface area contributed by atoms with E-state index in [9.17, 15) is 4.79 Å². The van der Waals surface area contributed by atoms with Gasteiger partial charge in [-0.15, -0.1) is 0 Å². The van der Waals surface area contributed by atoms with Crippen LogP contribution in [0.4, 0.5) is 5.69 Å². The Balaban J connectivity index is 1.43. The summed E-state index contributed by atoms with van der Waals surface area (Å²) in [7, 11) is 0. The van der Waals surface area contributed by atoms with E-state index < -0.39 is 0 Å². The van der Waals surface area contributed by atoms with E-state index in [4.69, 9.17) is 9.47 Å². The Morgan fingerprint density at radius 1 is 0.917 bits per heavy atom. The second-order valence-electron chi connectivity index (χ2n) is 5.90. The molecule has 3 heterocycles. The summed E-state index contributed by atoms with van der Waals surface area (Å²) in [5, 5.41) is 0. The summed E-state index contributed by atoms with van der Waals surface area (Å²) >= 11 is 0. The first-order valence-corrected chi connectivity index (χ1v) is 8.21. The molecule has 2 aromatic rings. The fraction of sp³-hybridized carbons (Fsp3) is 0.333. The third-order valence-corrected chi connectivity index (χ3v) is 4.42. The molecule has 24 heavy (non-hydrogen) atoms. The van der Waals surface area contributed by atoms with Crippen LogP contribution in [0.2, 0.25) is 0 Å². The van der Waals surface area contributed by atoms with Crippen LogP contribution in [-0.4, -0.2) is 50.2 Å². The highest BCUT2D eigenvalue weighted by atomic mass is 16.6. The average molecular weight is 326 g/mol. The van der Waals surface area contributed by atoms with E-state index in [1.54, 1.807) is 6.07 Å². The number of hydrogen-bond donors (Lipinski definition) is 0. The molecule has 1 fully saturated rings. The molecule has 0 spiro atoms. The average Bonchev–Trinajstić information content (AvgIpc) is 2.68. The maximum atomic E-state index is 12.7. The van der Waals surface area contributed by atoms with Crippen molar-refractivity contribution in [1.82, 2.24) is 4.90 Å². The number of anilines is 1. The lowest BCUT2D eigenvalue weighted by Crippen LogP contribution is -2.48. The lowest BCUT2D eigenvalue weighted by molar-refractivity contribution is -0.377. The lowest BCUT2D eigenvalue weighted by Gasteiger charge is -2.36. The number of amides is 1. The normalized spacial score (nSPS) is 16.8. The first-order chi connectivity index (χ1) is 11.8. The number of benzene rings is 1. The van der Waals surface area contributed by atoms with Crippen molar-refractivity contribution in [3.8, 4) is 11.5 Å². The molecule has 0 bridgehead atoms. The minimum absolute atomic E-state index is 0.0491. The Hall–Kier alpha value is -2.76. The number of piperazine rings is 1. The van der Waals surface area contributed by atoms with Gasteiger partial charge in [0.2, 0.25) is 0 Å². The molecule has 2 aliphatic rings. The first kappa shape index (κ1) is 14.8. The van der Waals surface area contributed by atoms with Gasteiger partial charge in [0, 0.05) is 49.6 Å². The minimum Gasteiger partial charge on any atom is -0.486 e. The third kappa shape index (κ3) is 2.87. The summed E-state index contributed by atoms with van der Waals surface area (Å²) < 4.78 is 11.1. The van der Waals surface area contributed by atoms with Gasteiger partial charge >= 0.3 is 0 Å². The first-order valence-electron chi connectivity index (χ1n) is 8.21. The van der Waals surface area contributed by atoms with E-state index in [1.807, 2.05) is 29.4 Å². The number of fused-ring (bicyclic) bond motifs is 1. The van der Waals surface area contributed by atoms with Crippen molar-refractivity contribution in [2.24, 2.45) is 0 Å². The summed E-state index contributed by atoms with van der Waals surface area (Å²) in [5.74, 6) is 1.42. The predicted octanol–water partition coefficient (Wildman–Crippen LogP) is 1.23. The Kier molecular flexibility index (Phi) is 3.94. The van der Waals surface area contributed by atoms with Crippen LogP contribution in [0.5, 0.6) is 11.5 Å². The number of carbonyl (C=O) groups excluding carboxylic acids is 1. The van der Waals surface area contributed by atoms with Gasteiger partial charge in [-0.1, -0.05) is 0 Å². The smallest absolute Gasteiger partial charge is 0.254 e. The molecule has 1 aromatic heterocycles. The number of pyridine rings is 1. The molecule has 6 heteroatoms. The lowest BCUT2D eigenvalue weighted by atomic mass is 10.1. The van der Waals surface area contributed by atoms with Gasteiger partial charge in [0.25, 0.3) is 5.91 Å². The largest absolute Gasteiger partial charge is 0.486 e. The van der Waals surface area contributed by atoms with Crippen molar-refractivity contribution in [1.29, 1.82) is 0 Å². The van der Waals surface area contributed by atoms with Crippen LogP contribution in [0.3, 0.4) is 0 Å². The van der Waals surface area contributed by atoms with Crippen LogP contribution in [0.15, 0.2) is 42.7 Å². The molecule has 0 atom stereocenters. The topological polar surface area (TPSA) is 56.2 Å². The maximum Gasteiger partial charge on any atom is 0.254 e. The van der Waals surface area contributed by atoms with Crippen LogP contribution in [0.25, 0.3) is 0 Å². The van der Waals surface area contributed by atoms with Crippen molar-refractivity contribution in [2.75, 3.05) is 44.3 Å². The third-order valence-electron chi connectivity index (χ3n) is 4.42. The summed E-state index contributed by atoms with van der Waals surface area (Å²) in [5.41, 5.74) is 1.84. The van der Waals surface area contributed by atoms with Crippen molar-refractivity contribution < 1.29 is 19.3 Å². The van der Waals surface area contributed by atoms with Crippen molar-refractivity contribution in [3.05, 3.63) is 48.3 Å². The number of nitrogens with one attached hydrogen (secondary N) is 1. The molecule has 0 radical (unpaired) electrons. The van der Waals surface area contributed by atoms with E-state index >= 15 is 0 Å². The highest BCUT2D eigenvalue weighted by molar-refractivity contribution is 5.95. The van der Waals surface area contributed by atoms with E-state index in [2.05, 4.69) is 22.0 Å². The van der Waals surface area contributed by atoms with Crippen molar-refractivity contribution in [3.63, 3.8) is 0 Å². The van der Waals surface area contributed by atoms with Gasteiger partial charge in [-0.05, 0) is 18.2 Å². The van der Waals surface area contributed by atoms with Crippen LogP contribution < -0.4 is 19.4 Å². The number of ether oxygens (including phenoxy) is 2. The quantitative estimate of drug-likeness (QED) is 0.833. The van der Waals surface area contributed by atoms with Gasteiger partial charge in [-0.2, -0.15) is 0 Å². The zero-order valence-corrected chi connectivity index (χ0v) is 13.4. The van der Waals surface area contributed by atoms with Crippen LogP contribution >= 0.6 is 0 Å². The van der Waals surface area contributed by atoms with Gasteiger partial charge < -0.3 is 19.3 Å². The van der Waals surface area contributed by atoms with Gasteiger partial charge in [-0.3, -0.25) is 4.79 Å². The molecular weight excluding hydrogens is 306 g/mol. The van der Waals surface area contributed by atoms with Gasteiger partial charge in [0.1, 0.15) is 13.2 Å². The zero-order chi connectivity index (χ0) is 16.4. The van der Waals surface area contributed by atoms with Crippen molar-refractivity contribution in [2.45, 2.75) is 0 Å². The number of rotatable bonds is 2. The Morgan fingerprint density at radius 3 is 2.38 bits per heavy atom. The van der Waals surface area contributed by atoms with Gasteiger partial charge in [-0.25, -0.2) is 4.98 Å². The number of hydrogen-bond acceptors (Lipinski definition) is 4. The molecular formula is C18H20N3O3+. The molecule has 4 rings (SSSR count). The zero-order valence-electron chi connectivity index (χ0n) is 13.4.